The van der Waals surface area contributed by atoms with Crippen molar-refractivity contribution in [3.63, 3.8) is 0 Å². The van der Waals surface area contributed by atoms with Gasteiger partial charge in [0.1, 0.15) is 17.1 Å². The molecule has 0 unspecified atom stereocenters. The van der Waals surface area contributed by atoms with E-state index in [0.29, 0.717) is 17.4 Å². The summed E-state index contributed by atoms with van der Waals surface area (Å²) in [5.74, 6) is 0.432. The zero-order valence-electron chi connectivity index (χ0n) is 11.0. The molecule has 2 amide bonds. The monoisotopic (exact) mass is 266 g/mol. The Morgan fingerprint density at radius 1 is 1.47 bits per heavy atom. The number of carbonyl (C=O) groups is 2. The second-order valence-corrected chi connectivity index (χ2v) is 5.09. The van der Waals surface area contributed by atoms with E-state index in [4.69, 9.17) is 9.52 Å². The molecule has 0 atom stereocenters. The molecule has 1 aromatic rings. The van der Waals surface area contributed by atoms with Crippen molar-refractivity contribution >= 4 is 12.0 Å². The summed E-state index contributed by atoms with van der Waals surface area (Å²) in [7, 11) is 0. The van der Waals surface area contributed by atoms with E-state index in [1.54, 1.807) is 6.92 Å². The van der Waals surface area contributed by atoms with Gasteiger partial charge in [0.15, 0.2) is 0 Å². The van der Waals surface area contributed by atoms with Gasteiger partial charge in [0.25, 0.3) is 0 Å². The summed E-state index contributed by atoms with van der Waals surface area (Å²) in [6.45, 7) is 3.92. The van der Waals surface area contributed by atoms with E-state index < -0.39 is 5.97 Å². The van der Waals surface area contributed by atoms with Crippen molar-refractivity contribution in [3.8, 4) is 0 Å². The molecule has 1 aromatic heterocycles. The average Bonchev–Trinajstić information content (AvgIpc) is 2.66. The molecule has 0 radical (unpaired) electrons. The molecule has 2 rings (SSSR count). The zero-order chi connectivity index (χ0) is 14.0. The normalized spacial score (nSPS) is 21.6. The molecule has 3 N–H and O–H groups in total. The van der Waals surface area contributed by atoms with Gasteiger partial charge in [-0.05, 0) is 31.7 Å². The van der Waals surface area contributed by atoms with E-state index >= 15 is 0 Å². The Morgan fingerprint density at radius 3 is 2.68 bits per heavy atom. The van der Waals surface area contributed by atoms with Gasteiger partial charge < -0.3 is 20.2 Å². The van der Waals surface area contributed by atoms with Crippen molar-refractivity contribution in [2.75, 3.05) is 0 Å². The molecule has 6 heteroatoms. The smallest absolute Gasteiger partial charge is 0.339 e. The third kappa shape index (κ3) is 3.27. The minimum absolute atomic E-state index is 0.130. The summed E-state index contributed by atoms with van der Waals surface area (Å²) >= 11 is 0. The Balaban J connectivity index is 1.80. The molecule has 19 heavy (non-hydrogen) atoms. The lowest BCUT2D eigenvalue weighted by Crippen LogP contribution is -2.47. The van der Waals surface area contributed by atoms with Gasteiger partial charge in [-0.25, -0.2) is 9.59 Å². The number of urea groups is 1. The fourth-order valence-corrected chi connectivity index (χ4v) is 2.27. The van der Waals surface area contributed by atoms with Crippen LogP contribution in [0.15, 0.2) is 10.5 Å². The van der Waals surface area contributed by atoms with E-state index in [-0.39, 0.29) is 24.2 Å². The fourth-order valence-electron chi connectivity index (χ4n) is 2.27. The molecular formula is C13H18N2O4. The summed E-state index contributed by atoms with van der Waals surface area (Å²) in [5, 5.41) is 14.4. The van der Waals surface area contributed by atoms with E-state index in [2.05, 4.69) is 17.6 Å². The molecule has 1 aliphatic carbocycles. The minimum atomic E-state index is -1.03. The fraction of sp³-hybridized carbons (Fsp3) is 0.538. The number of nitrogens with one attached hydrogen (secondary N) is 2. The molecule has 6 nitrogen and oxygen atoms in total. The largest absolute Gasteiger partial charge is 0.478 e. The zero-order valence-corrected chi connectivity index (χ0v) is 11.0. The van der Waals surface area contributed by atoms with Gasteiger partial charge >= 0.3 is 12.0 Å². The number of carboxylic acid groups (broad SMARTS) is 1. The second-order valence-electron chi connectivity index (χ2n) is 5.09. The Bertz CT molecular complexity index is 489. The summed E-state index contributed by atoms with van der Waals surface area (Å²) in [6.07, 6.45) is 2.02. The molecule has 0 aliphatic heterocycles. The van der Waals surface area contributed by atoms with Gasteiger partial charge in [-0.15, -0.1) is 0 Å². The van der Waals surface area contributed by atoms with Crippen LogP contribution in [-0.4, -0.2) is 23.1 Å². The van der Waals surface area contributed by atoms with E-state index in [1.165, 1.54) is 6.07 Å². The lowest BCUT2D eigenvalue weighted by atomic mass is 9.82. The Morgan fingerprint density at radius 2 is 2.16 bits per heavy atom. The van der Waals surface area contributed by atoms with Gasteiger partial charge in [0.05, 0.1) is 6.54 Å². The van der Waals surface area contributed by atoms with Crippen molar-refractivity contribution in [1.29, 1.82) is 0 Å². The number of aromatic carboxylic acids is 1. The first kappa shape index (κ1) is 13.5. The van der Waals surface area contributed by atoms with Crippen molar-refractivity contribution in [3.05, 3.63) is 23.2 Å². The van der Waals surface area contributed by atoms with E-state index in [1.807, 2.05) is 0 Å². The molecule has 1 aliphatic rings. The van der Waals surface area contributed by atoms with Crippen molar-refractivity contribution in [1.82, 2.24) is 10.6 Å². The molecular weight excluding hydrogens is 248 g/mol. The standard InChI is InChI=1S/C13H18N2O4/c1-7-3-9(4-7)15-13(18)14-6-10-5-11(12(16)17)8(2)19-10/h5,7,9H,3-4,6H2,1-2H3,(H,16,17)(H2,14,15,18). The maximum absolute atomic E-state index is 11.6. The first-order chi connectivity index (χ1) is 8.95. The van der Waals surface area contributed by atoms with Crippen molar-refractivity contribution in [2.24, 2.45) is 5.92 Å². The number of carbonyl (C=O) groups excluding carboxylic acids is 1. The van der Waals surface area contributed by atoms with Crippen molar-refractivity contribution in [2.45, 2.75) is 39.3 Å². The van der Waals surface area contributed by atoms with Crippen molar-refractivity contribution < 1.29 is 19.1 Å². The van der Waals surface area contributed by atoms with Crippen LogP contribution in [0.2, 0.25) is 0 Å². The highest BCUT2D eigenvalue weighted by Crippen LogP contribution is 2.26. The van der Waals surface area contributed by atoms with Gasteiger partial charge in [-0.2, -0.15) is 0 Å². The topological polar surface area (TPSA) is 91.6 Å². The highest BCUT2D eigenvalue weighted by Gasteiger charge is 2.26. The molecule has 0 bridgehead atoms. The lowest BCUT2D eigenvalue weighted by molar-refractivity contribution is 0.0695. The highest BCUT2D eigenvalue weighted by molar-refractivity contribution is 5.88. The van der Waals surface area contributed by atoms with E-state index in [0.717, 1.165) is 12.8 Å². The maximum atomic E-state index is 11.6. The summed E-state index contributed by atoms with van der Waals surface area (Å²) < 4.78 is 5.27. The number of hydrogen-bond donors (Lipinski definition) is 3. The quantitative estimate of drug-likeness (QED) is 0.776. The molecule has 104 valence electrons. The van der Waals surface area contributed by atoms with Crippen LogP contribution < -0.4 is 10.6 Å². The number of carboxylic acids is 1. The van der Waals surface area contributed by atoms with Crippen LogP contribution in [0.1, 0.15) is 41.6 Å². The number of furan rings is 1. The van der Waals surface area contributed by atoms with Gasteiger partial charge in [-0.3, -0.25) is 0 Å². The number of amides is 2. The molecule has 0 saturated heterocycles. The van der Waals surface area contributed by atoms with Crippen LogP contribution in [0, 0.1) is 12.8 Å². The summed E-state index contributed by atoms with van der Waals surface area (Å²) in [5.41, 5.74) is 0.130. The predicted octanol–water partition coefficient (Wildman–Crippen LogP) is 1.88. The van der Waals surface area contributed by atoms with Crippen LogP contribution in [0.5, 0.6) is 0 Å². The molecule has 0 spiro atoms. The Labute approximate surface area is 111 Å². The van der Waals surface area contributed by atoms with Crippen LogP contribution in [-0.2, 0) is 6.54 Å². The SMILES string of the molecule is Cc1oc(CNC(=O)NC2CC(C)C2)cc1C(=O)O. The first-order valence-corrected chi connectivity index (χ1v) is 6.32. The number of aryl methyl sites for hydroxylation is 1. The Hall–Kier alpha value is -1.98. The van der Waals surface area contributed by atoms with Crippen LogP contribution in [0.4, 0.5) is 4.79 Å². The third-order valence-corrected chi connectivity index (χ3v) is 3.33. The minimum Gasteiger partial charge on any atom is -0.478 e. The average molecular weight is 266 g/mol. The summed E-state index contributed by atoms with van der Waals surface area (Å²) in [4.78, 5) is 22.4. The van der Waals surface area contributed by atoms with Crippen LogP contribution in [0.3, 0.4) is 0 Å². The predicted molar refractivity (Wildman–Crippen MR) is 68.0 cm³/mol. The highest BCUT2D eigenvalue weighted by atomic mass is 16.4. The maximum Gasteiger partial charge on any atom is 0.339 e. The van der Waals surface area contributed by atoms with Gasteiger partial charge in [0.2, 0.25) is 0 Å². The first-order valence-electron chi connectivity index (χ1n) is 6.32. The Kier molecular flexibility index (Phi) is 3.78. The van der Waals surface area contributed by atoms with Crippen LogP contribution >= 0.6 is 0 Å². The van der Waals surface area contributed by atoms with Crippen LogP contribution in [0.25, 0.3) is 0 Å². The summed E-state index contributed by atoms with van der Waals surface area (Å²) in [6, 6.07) is 1.44. The second kappa shape index (κ2) is 5.34. The van der Waals surface area contributed by atoms with Gasteiger partial charge in [0, 0.05) is 6.04 Å². The molecule has 1 saturated carbocycles. The lowest BCUT2D eigenvalue weighted by Gasteiger charge is -2.33. The number of hydrogen-bond acceptors (Lipinski definition) is 3. The molecule has 0 aromatic carbocycles. The number of rotatable bonds is 4. The molecule has 1 fully saturated rings. The van der Waals surface area contributed by atoms with Gasteiger partial charge in [-0.1, -0.05) is 6.92 Å². The van der Waals surface area contributed by atoms with E-state index in [9.17, 15) is 9.59 Å². The third-order valence-electron chi connectivity index (χ3n) is 3.33. The molecule has 1 heterocycles.